The Morgan fingerprint density at radius 2 is 1.65 bits per heavy atom. The molecular formula is C16H16F3NO2S. The minimum Gasteiger partial charge on any atom is -0.271 e. The minimum atomic E-state index is -4.59. The third-order valence-corrected chi connectivity index (χ3v) is 4.78. The molecule has 0 radical (unpaired) electrons. The molecule has 1 unspecified atom stereocenters. The molecule has 0 saturated heterocycles. The first-order chi connectivity index (χ1) is 10.7. The molecule has 0 fully saturated rings. The average molecular weight is 343 g/mol. The number of rotatable bonds is 4. The van der Waals surface area contributed by atoms with Crippen LogP contribution in [0.15, 0.2) is 57.8 Å². The smallest absolute Gasteiger partial charge is 0.271 e. The molecular weight excluding hydrogens is 327 g/mol. The fourth-order valence-corrected chi connectivity index (χ4v) is 3.33. The fourth-order valence-electron chi connectivity index (χ4n) is 1.80. The van der Waals surface area contributed by atoms with Gasteiger partial charge in [-0.3, -0.25) is 4.18 Å². The monoisotopic (exact) mass is 343 g/mol. The summed E-state index contributed by atoms with van der Waals surface area (Å²) in [5.74, 6) is 0. The molecule has 23 heavy (non-hydrogen) atoms. The van der Waals surface area contributed by atoms with Crippen LogP contribution in [0.5, 0.6) is 0 Å². The van der Waals surface area contributed by atoms with Gasteiger partial charge in [0.15, 0.2) is 16.6 Å². The highest BCUT2D eigenvalue weighted by molar-refractivity contribution is 7.89. The lowest BCUT2D eigenvalue weighted by molar-refractivity contribution is -0.152. The van der Waals surface area contributed by atoms with Crippen LogP contribution >= 0.6 is 0 Å². The van der Waals surface area contributed by atoms with Crippen molar-refractivity contribution < 1.29 is 21.6 Å². The Hall–Kier alpha value is -1.86. The fraction of sp³-hybridized carbons (Fsp3) is 0.250. The molecule has 0 saturated carbocycles. The second-order valence-corrected chi connectivity index (χ2v) is 6.88. The molecule has 7 heteroatoms. The topological polar surface area (TPSA) is 38.7 Å². The van der Waals surface area contributed by atoms with Crippen LogP contribution in [-0.4, -0.2) is 17.0 Å². The van der Waals surface area contributed by atoms with Gasteiger partial charge in [0.05, 0.1) is 10.6 Å². The largest absolute Gasteiger partial charge is 0.413 e. The van der Waals surface area contributed by atoms with Crippen molar-refractivity contribution in [1.29, 1.82) is 0 Å². The van der Waals surface area contributed by atoms with Crippen molar-refractivity contribution in [3.8, 4) is 0 Å². The highest BCUT2D eigenvalue weighted by Crippen LogP contribution is 2.27. The van der Waals surface area contributed by atoms with E-state index in [1.807, 2.05) is 6.92 Å². The molecule has 1 atom stereocenters. The third kappa shape index (κ3) is 4.80. The number of benzene rings is 2. The van der Waals surface area contributed by atoms with E-state index in [4.69, 9.17) is 4.18 Å². The number of nitrogens with zero attached hydrogens (tertiary/aromatic N) is 1. The van der Waals surface area contributed by atoms with Crippen LogP contribution in [-0.2, 0) is 14.2 Å². The number of aryl methyl sites for hydroxylation is 2. The molecule has 0 aromatic heterocycles. The van der Waals surface area contributed by atoms with Crippen molar-refractivity contribution in [3.05, 3.63) is 59.7 Å². The van der Waals surface area contributed by atoms with E-state index in [0.717, 1.165) is 5.56 Å². The molecule has 124 valence electrons. The molecule has 0 bridgehead atoms. The Bertz CT molecular complexity index is 792. The van der Waals surface area contributed by atoms with Crippen LogP contribution in [0.3, 0.4) is 0 Å². The van der Waals surface area contributed by atoms with Gasteiger partial charge in [-0.15, -0.1) is 0 Å². The van der Waals surface area contributed by atoms with Gasteiger partial charge in [-0.25, -0.2) is 4.21 Å². The van der Waals surface area contributed by atoms with E-state index in [1.165, 1.54) is 12.1 Å². The van der Waals surface area contributed by atoms with Crippen LogP contribution in [0.1, 0.15) is 11.1 Å². The summed E-state index contributed by atoms with van der Waals surface area (Å²) >= 11 is 0. The second-order valence-electron chi connectivity index (χ2n) is 5.04. The van der Waals surface area contributed by atoms with E-state index in [2.05, 4.69) is 4.36 Å². The van der Waals surface area contributed by atoms with Gasteiger partial charge in [0.25, 0.3) is 0 Å². The van der Waals surface area contributed by atoms with Gasteiger partial charge in [-0.1, -0.05) is 35.9 Å². The average Bonchev–Trinajstić information content (AvgIpc) is 2.48. The van der Waals surface area contributed by atoms with Gasteiger partial charge >= 0.3 is 6.18 Å². The van der Waals surface area contributed by atoms with Crippen molar-refractivity contribution >= 4 is 15.7 Å². The standard InChI is InChI=1S/C16H16F3NO2S/c1-12-7-9-14(10-8-12)23(21,22-11-16(17,18)19)20-15-6-4-3-5-13(15)2/h3-10H,11H2,1-2H3. The molecule has 0 amide bonds. The summed E-state index contributed by atoms with van der Waals surface area (Å²) in [6.45, 7) is 1.92. The Morgan fingerprint density at radius 1 is 1.04 bits per heavy atom. The maximum Gasteiger partial charge on any atom is 0.413 e. The summed E-state index contributed by atoms with van der Waals surface area (Å²) in [7, 11) is -3.69. The van der Waals surface area contributed by atoms with Crippen molar-refractivity contribution in [2.75, 3.05) is 6.61 Å². The van der Waals surface area contributed by atoms with Crippen LogP contribution in [0.2, 0.25) is 0 Å². The van der Waals surface area contributed by atoms with Crippen molar-refractivity contribution in [1.82, 2.24) is 0 Å². The Morgan fingerprint density at radius 3 is 2.22 bits per heavy atom. The minimum absolute atomic E-state index is 0.107. The highest BCUT2D eigenvalue weighted by Gasteiger charge is 2.31. The zero-order chi connectivity index (χ0) is 17.1. The molecule has 2 aromatic carbocycles. The predicted octanol–water partition coefficient (Wildman–Crippen LogP) is 4.96. The lowest BCUT2D eigenvalue weighted by Crippen LogP contribution is -2.20. The summed E-state index contributed by atoms with van der Waals surface area (Å²) in [5.41, 5.74) is 1.92. The first-order valence-electron chi connectivity index (χ1n) is 6.80. The molecule has 0 heterocycles. The maximum absolute atomic E-state index is 13.0. The van der Waals surface area contributed by atoms with E-state index >= 15 is 0 Å². The first-order valence-corrected chi connectivity index (χ1v) is 8.24. The normalized spacial score (nSPS) is 14.3. The SMILES string of the molecule is Cc1ccc(S(=O)(=Nc2ccccc2C)OCC(F)(F)F)cc1. The third-order valence-electron chi connectivity index (χ3n) is 3.04. The molecule has 2 rings (SSSR count). The summed E-state index contributed by atoms with van der Waals surface area (Å²) in [6, 6.07) is 13.0. The number of halogens is 3. The lowest BCUT2D eigenvalue weighted by atomic mass is 10.2. The van der Waals surface area contributed by atoms with Gasteiger partial charge in [0.2, 0.25) is 0 Å². The number of alkyl halides is 3. The Balaban J connectivity index is 2.53. The Labute approximate surface area is 133 Å². The van der Waals surface area contributed by atoms with Crippen LogP contribution in [0.4, 0.5) is 18.9 Å². The molecule has 0 aliphatic carbocycles. The van der Waals surface area contributed by atoms with Crippen LogP contribution in [0, 0.1) is 13.8 Å². The first kappa shape index (κ1) is 17.5. The zero-order valence-corrected chi connectivity index (χ0v) is 13.4. The molecule has 3 nitrogen and oxygen atoms in total. The number of hydrogen-bond donors (Lipinski definition) is 0. The van der Waals surface area contributed by atoms with Gasteiger partial charge in [-0.05, 0) is 37.6 Å². The molecule has 0 aliphatic rings. The van der Waals surface area contributed by atoms with Crippen molar-refractivity contribution in [3.63, 3.8) is 0 Å². The van der Waals surface area contributed by atoms with Gasteiger partial charge < -0.3 is 0 Å². The summed E-state index contributed by atoms with van der Waals surface area (Å²) in [5, 5.41) is 0. The molecule has 0 aliphatic heterocycles. The van der Waals surface area contributed by atoms with Crippen molar-refractivity contribution in [2.45, 2.75) is 24.9 Å². The summed E-state index contributed by atoms with van der Waals surface area (Å²) < 4.78 is 59.2. The van der Waals surface area contributed by atoms with Crippen LogP contribution in [0.25, 0.3) is 0 Å². The Kier molecular flexibility index (Phi) is 5.11. The van der Waals surface area contributed by atoms with Gasteiger partial charge in [0, 0.05) is 0 Å². The predicted molar refractivity (Wildman–Crippen MR) is 82.9 cm³/mol. The summed E-state index contributed by atoms with van der Waals surface area (Å²) in [4.78, 5) is 0.107. The van der Waals surface area contributed by atoms with Gasteiger partial charge in [0.1, 0.15) is 0 Å². The van der Waals surface area contributed by atoms with Gasteiger partial charge in [-0.2, -0.15) is 17.5 Å². The van der Waals surface area contributed by atoms with Crippen molar-refractivity contribution in [2.24, 2.45) is 4.36 Å². The van der Waals surface area contributed by atoms with E-state index in [-0.39, 0.29) is 4.90 Å². The van der Waals surface area contributed by atoms with Crippen LogP contribution < -0.4 is 0 Å². The summed E-state index contributed by atoms with van der Waals surface area (Å²) in [6.07, 6.45) is -4.59. The second kappa shape index (κ2) is 6.72. The number of hydrogen-bond acceptors (Lipinski definition) is 3. The quantitative estimate of drug-likeness (QED) is 0.787. The molecule has 0 N–H and O–H groups in total. The lowest BCUT2D eigenvalue weighted by Gasteiger charge is -2.13. The molecule has 2 aromatic rings. The zero-order valence-electron chi connectivity index (χ0n) is 12.6. The highest BCUT2D eigenvalue weighted by atomic mass is 32.2. The molecule has 0 spiro atoms. The van der Waals surface area contributed by atoms with E-state index in [1.54, 1.807) is 43.3 Å². The van der Waals surface area contributed by atoms with E-state index < -0.39 is 22.8 Å². The van der Waals surface area contributed by atoms with E-state index in [9.17, 15) is 17.4 Å². The maximum atomic E-state index is 13.0. The van der Waals surface area contributed by atoms with E-state index in [0.29, 0.717) is 11.3 Å².